The molecule has 6 heteroatoms. The van der Waals surface area contributed by atoms with Crippen molar-refractivity contribution in [2.75, 3.05) is 0 Å². The molecule has 0 amide bonds. The van der Waals surface area contributed by atoms with Crippen LogP contribution in [0, 0.1) is 6.92 Å². The molecule has 0 aliphatic heterocycles. The van der Waals surface area contributed by atoms with Gasteiger partial charge in [-0.3, -0.25) is 4.40 Å². The number of fused-ring (bicyclic) bond motifs is 1. The van der Waals surface area contributed by atoms with E-state index in [0.717, 1.165) is 9.96 Å². The summed E-state index contributed by atoms with van der Waals surface area (Å²) in [7, 11) is 0. The number of nitrogens with zero attached hydrogens (tertiary/aromatic N) is 2. The number of imidazole rings is 1. The Labute approximate surface area is 89.7 Å². The summed E-state index contributed by atoms with van der Waals surface area (Å²) < 4.78 is 38.9. The highest BCUT2D eigenvalue weighted by Crippen LogP contribution is 2.30. The Morgan fingerprint density at radius 2 is 2.12 bits per heavy atom. The standard InChI is InChI=1S/C10H10F3N3/c1-6-8-4-7(5-14)2-3-16(8)9(15-6)10(11,12)13/h2-4H,5,14H2,1H3. The van der Waals surface area contributed by atoms with Crippen molar-refractivity contribution in [3.8, 4) is 0 Å². The van der Waals surface area contributed by atoms with Crippen molar-refractivity contribution in [1.29, 1.82) is 0 Å². The molecular weight excluding hydrogens is 219 g/mol. The highest BCUT2D eigenvalue weighted by Gasteiger charge is 2.36. The van der Waals surface area contributed by atoms with Crippen LogP contribution in [-0.2, 0) is 12.7 Å². The Balaban J connectivity index is 2.72. The Hall–Kier alpha value is -1.56. The van der Waals surface area contributed by atoms with Crippen molar-refractivity contribution in [1.82, 2.24) is 9.38 Å². The van der Waals surface area contributed by atoms with Gasteiger partial charge in [0, 0.05) is 12.7 Å². The van der Waals surface area contributed by atoms with Gasteiger partial charge in [0.05, 0.1) is 11.2 Å². The topological polar surface area (TPSA) is 43.3 Å². The third-order valence-corrected chi connectivity index (χ3v) is 2.38. The van der Waals surface area contributed by atoms with E-state index in [4.69, 9.17) is 5.73 Å². The Morgan fingerprint density at radius 1 is 1.44 bits per heavy atom. The predicted octanol–water partition coefficient (Wildman–Crippen LogP) is 2.12. The van der Waals surface area contributed by atoms with E-state index in [2.05, 4.69) is 4.98 Å². The van der Waals surface area contributed by atoms with E-state index >= 15 is 0 Å². The van der Waals surface area contributed by atoms with Crippen LogP contribution in [0.2, 0.25) is 0 Å². The van der Waals surface area contributed by atoms with Crippen LogP contribution >= 0.6 is 0 Å². The van der Waals surface area contributed by atoms with Crippen molar-refractivity contribution < 1.29 is 13.2 Å². The Morgan fingerprint density at radius 3 is 2.69 bits per heavy atom. The van der Waals surface area contributed by atoms with E-state index in [9.17, 15) is 13.2 Å². The van der Waals surface area contributed by atoms with E-state index in [1.54, 1.807) is 19.1 Å². The van der Waals surface area contributed by atoms with Crippen LogP contribution < -0.4 is 5.73 Å². The van der Waals surface area contributed by atoms with Gasteiger partial charge in [0.15, 0.2) is 0 Å². The summed E-state index contributed by atoms with van der Waals surface area (Å²) in [5, 5.41) is 0. The van der Waals surface area contributed by atoms with Crippen LogP contribution in [0.3, 0.4) is 0 Å². The van der Waals surface area contributed by atoms with Gasteiger partial charge in [0.25, 0.3) is 0 Å². The van der Waals surface area contributed by atoms with Crippen molar-refractivity contribution in [2.45, 2.75) is 19.6 Å². The summed E-state index contributed by atoms with van der Waals surface area (Å²) in [5.74, 6) is -0.899. The second-order valence-corrected chi connectivity index (χ2v) is 3.51. The van der Waals surface area contributed by atoms with Gasteiger partial charge in [-0.05, 0) is 24.6 Å². The average molecular weight is 229 g/mol. The molecule has 86 valence electrons. The summed E-state index contributed by atoms with van der Waals surface area (Å²) in [6.07, 6.45) is -3.10. The number of alkyl halides is 3. The summed E-state index contributed by atoms with van der Waals surface area (Å²) in [4.78, 5) is 3.53. The molecule has 0 aromatic carbocycles. The number of pyridine rings is 1. The van der Waals surface area contributed by atoms with Gasteiger partial charge in [-0.25, -0.2) is 4.98 Å². The second kappa shape index (κ2) is 3.48. The van der Waals surface area contributed by atoms with Gasteiger partial charge >= 0.3 is 6.18 Å². The molecule has 16 heavy (non-hydrogen) atoms. The molecule has 2 N–H and O–H groups in total. The molecule has 2 aromatic rings. The first kappa shape index (κ1) is 10.9. The lowest BCUT2D eigenvalue weighted by atomic mass is 10.2. The minimum atomic E-state index is -4.44. The molecule has 2 heterocycles. The maximum absolute atomic E-state index is 12.6. The lowest BCUT2D eigenvalue weighted by Gasteiger charge is -2.05. The summed E-state index contributed by atoms with van der Waals surface area (Å²) in [6.45, 7) is 1.84. The number of nitrogens with two attached hydrogens (primary N) is 1. The zero-order valence-electron chi connectivity index (χ0n) is 8.54. The van der Waals surface area contributed by atoms with E-state index in [0.29, 0.717) is 17.8 Å². The molecule has 0 aliphatic rings. The van der Waals surface area contributed by atoms with Gasteiger partial charge < -0.3 is 5.73 Å². The first-order chi connectivity index (χ1) is 7.43. The van der Waals surface area contributed by atoms with E-state index in [-0.39, 0.29) is 0 Å². The molecule has 0 spiro atoms. The van der Waals surface area contributed by atoms with Crippen LogP contribution in [-0.4, -0.2) is 9.38 Å². The third-order valence-electron chi connectivity index (χ3n) is 2.38. The largest absolute Gasteiger partial charge is 0.450 e. The van der Waals surface area contributed by atoms with Crippen LogP contribution in [0.15, 0.2) is 18.3 Å². The van der Waals surface area contributed by atoms with Gasteiger partial charge in [-0.2, -0.15) is 13.2 Å². The molecule has 0 atom stereocenters. The van der Waals surface area contributed by atoms with Gasteiger partial charge in [-0.15, -0.1) is 0 Å². The van der Waals surface area contributed by atoms with Crippen molar-refractivity contribution in [3.63, 3.8) is 0 Å². The predicted molar refractivity (Wildman–Crippen MR) is 52.8 cm³/mol. The van der Waals surface area contributed by atoms with Gasteiger partial charge in [-0.1, -0.05) is 0 Å². The third kappa shape index (κ3) is 1.65. The highest BCUT2D eigenvalue weighted by molar-refractivity contribution is 5.54. The Bertz CT molecular complexity index is 528. The maximum atomic E-state index is 12.6. The minimum absolute atomic E-state index is 0.294. The average Bonchev–Trinajstić information content (AvgIpc) is 2.55. The lowest BCUT2D eigenvalue weighted by Crippen LogP contribution is -2.10. The summed E-state index contributed by atoms with van der Waals surface area (Å²) >= 11 is 0. The molecule has 0 radical (unpaired) electrons. The van der Waals surface area contributed by atoms with E-state index in [1.807, 2.05) is 0 Å². The molecule has 0 aliphatic carbocycles. The smallest absolute Gasteiger partial charge is 0.326 e. The van der Waals surface area contributed by atoms with Crippen molar-refractivity contribution in [3.05, 3.63) is 35.4 Å². The Kier molecular flexibility index (Phi) is 2.38. The molecule has 2 rings (SSSR count). The fourth-order valence-corrected chi connectivity index (χ4v) is 1.60. The van der Waals surface area contributed by atoms with Crippen LogP contribution in [0.1, 0.15) is 17.1 Å². The number of hydrogen-bond acceptors (Lipinski definition) is 2. The normalized spacial score (nSPS) is 12.3. The number of rotatable bonds is 1. The molecule has 2 aromatic heterocycles. The van der Waals surface area contributed by atoms with Gasteiger partial charge in [0.1, 0.15) is 0 Å². The number of halogens is 3. The number of aromatic nitrogens is 2. The first-order valence-electron chi connectivity index (χ1n) is 4.68. The number of aryl methyl sites for hydroxylation is 1. The van der Waals surface area contributed by atoms with Crippen LogP contribution in [0.4, 0.5) is 13.2 Å². The SMILES string of the molecule is Cc1nc(C(F)(F)F)n2ccc(CN)cc12. The fourth-order valence-electron chi connectivity index (χ4n) is 1.60. The maximum Gasteiger partial charge on any atom is 0.450 e. The van der Waals surface area contributed by atoms with Crippen molar-refractivity contribution in [2.24, 2.45) is 5.73 Å². The molecule has 0 fully saturated rings. The quantitative estimate of drug-likeness (QED) is 0.813. The molecule has 0 bridgehead atoms. The zero-order valence-corrected chi connectivity index (χ0v) is 8.54. The molecule has 0 saturated carbocycles. The van der Waals surface area contributed by atoms with Crippen LogP contribution in [0.25, 0.3) is 5.52 Å². The zero-order chi connectivity index (χ0) is 11.9. The monoisotopic (exact) mass is 229 g/mol. The highest BCUT2D eigenvalue weighted by atomic mass is 19.4. The van der Waals surface area contributed by atoms with E-state index < -0.39 is 12.0 Å². The minimum Gasteiger partial charge on any atom is -0.326 e. The van der Waals surface area contributed by atoms with Gasteiger partial charge in [0.2, 0.25) is 5.82 Å². The molecular formula is C10H10F3N3. The fraction of sp³-hybridized carbons (Fsp3) is 0.300. The molecule has 0 unspecified atom stereocenters. The second-order valence-electron chi connectivity index (χ2n) is 3.51. The summed E-state index contributed by atoms with van der Waals surface area (Å²) in [6, 6.07) is 3.18. The van der Waals surface area contributed by atoms with Crippen molar-refractivity contribution >= 4 is 5.52 Å². The molecule has 0 saturated heterocycles. The molecule has 3 nitrogen and oxygen atoms in total. The summed E-state index contributed by atoms with van der Waals surface area (Å²) in [5.41, 5.74) is 7.00. The number of hydrogen-bond donors (Lipinski definition) is 1. The lowest BCUT2D eigenvalue weighted by molar-refractivity contribution is -0.145. The van der Waals surface area contributed by atoms with Crippen LogP contribution in [0.5, 0.6) is 0 Å². The first-order valence-corrected chi connectivity index (χ1v) is 4.68. The van der Waals surface area contributed by atoms with E-state index in [1.165, 1.54) is 6.20 Å².